The van der Waals surface area contributed by atoms with E-state index < -0.39 is 49.8 Å². The first-order valence-corrected chi connectivity index (χ1v) is 7.89. The monoisotopic (exact) mass is 351 g/mol. The highest BCUT2D eigenvalue weighted by molar-refractivity contribution is 7.90. The number of nitrogens with one attached hydrogen (secondary N) is 1. The van der Waals surface area contributed by atoms with Crippen molar-refractivity contribution in [1.29, 1.82) is 0 Å². The van der Waals surface area contributed by atoms with E-state index in [2.05, 4.69) is 5.32 Å². The summed E-state index contributed by atoms with van der Waals surface area (Å²) in [6.45, 7) is 1.47. The maximum Gasteiger partial charge on any atom is 0.349 e. The minimum atomic E-state index is -2.58. The molecular weight excluding hydrogens is 338 g/mol. The van der Waals surface area contributed by atoms with Crippen LogP contribution < -0.4 is 5.32 Å². The zero-order valence-electron chi connectivity index (χ0n) is 12.0. The average molecular weight is 351 g/mol. The van der Waals surface area contributed by atoms with Crippen molar-refractivity contribution in [2.75, 3.05) is 6.61 Å². The van der Waals surface area contributed by atoms with Crippen molar-refractivity contribution in [3.05, 3.63) is 40.4 Å². The van der Waals surface area contributed by atoms with Gasteiger partial charge in [-0.25, -0.2) is 26.6 Å². The molecule has 1 aliphatic rings. The lowest BCUT2D eigenvalue weighted by Gasteiger charge is -2.10. The maximum absolute atomic E-state index is 13.7. The van der Waals surface area contributed by atoms with E-state index in [-0.39, 0.29) is 18.7 Å². The van der Waals surface area contributed by atoms with Crippen LogP contribution in [-0.4, -0.2) is 22.8 Å². The van der Waals surface area contributed by atoms with Crippen molar-refractivity contribution >= 4 is 16.8 Å². The lowest BCUT2D eigenvalue weighted by Crippen LogP contribution is -2.18. The first kappa shape index (κ1) is 17.5. The third-order valence-electron chi connectivity index (χ3n) is 2.97. The van der Waals surface area contributed by atoms with E-state index >= 15 is 0 Å². The zero-order chi connectivity index (χ0) is 17.1. The van der Waals surface area contributed by atoms with Gasteiger partial charge in [0, 0.05) is 12.2 Å². The second-order valence-corrected chi connectivity index (χ2v) is 6.15. The molecular formula is C14H13F4NO3S. The van der Waals surface area contributed by atoms with Gasteiger partial charge in [-0.3, -0.25) is 0 Å². The molecule has 1 fully saturated rings. The highest BCUT2D eigenvalue weighted by Gasteiger charge is 2.28. The third-order valence-corrected chi connectivity index (χ3v) is 4.35. The molecule has 2 rings (SSSR count). The summed E-state index contributed by atoms with van der Waals surface area (Å²) < 4.78 is 70.3. The van der Waals surface area contributed by atoms with Crippen molar-refractivity contribution in [3.8, 4) is 0 Å². The van der Waals surface area contributed by atoms with Crippen LogP contribution in [0.2, 0.25) is 0 Å². The Kier molecular flexibility index (Phi) is 5.40. The van der Waals surface area contributed by atoms with Crippen LogP contribution in [0.5, 0.6) is 0 Å². The number of esters is 1. The Morgan fingerprint density at radius 2 is 1.96 bits per heavy atom. The van der Waals surface area contributed by atoms with Crippen molar-refractivity contribution in [3.63, 3.8) is 0 Å². The number of hydrogen-bond acceptors (Lipinski definition) is 4. The van der Waals surface area contributed by atoms with Crippen LogP contribution in [0.1, 0.15) is 19.8 Å². The Morgan fingerprint density at radius 3 is 2.52 bits per heavy atom. The van der Waals surface area contributed by atoms with Gasteiger partial charge in [-0.05, 0) is 25.8 Å². The summed E-state index contributed by atoms with van der Waals surface area (Å²) in [6.07, 6.45) is 2.76. The summed E-state index contributed by atoms with van der Waals surface area (Å²) in [5, 5.41) is 2.77. The predicted molar refractivity (Wildman–Crippen MR) is 73.6 cm³/mol. The predicted octanol–water partition coefficient (Wildman–Crippen LogP) is 2.51. The number of benzene rings is 1. The molecule has 0 spiro atoms. The van der Waals surface area contributed by atoms with Gasteiger partial charge in [0.05, 0.1) is 22.3 Å². The molecule has 1 aromatic rings. The SMILES string of the molecule is CCOC(=O)/C(=C\NC1CC1)S(=O)c1cc(F)c(F)c(F)c1F. The van der Waals surface area contributed by atoms with Crippen molar-refractivity contribution < 1.29 is 31.3 Å². The normalized spacial score (nSPS) is 16.1. The fourth-order valence-electron chi connectivity index (χ4n) is 1.64. The molecule has 1 atom stereocenters. The highest BCUT2D eigenvalue weighted by Crippen LogP contribution is 2.25. The van der Waals surface area contributed by atoms with Gasteiger partial charge in [-0.15, -0.1) is 0 Å². The maximum atomic E-state index is 13.7. The molecule has 0 amide bonds. The summed E-state index contributed by atoms with van der Waals surface area (Å²) in [6, 6.07) is 0.344. The van der Waals surface area contributed by atoms with Crippen LogP contribution in [-0.2, 0) is 20.3 Å². The van der Waals surface area contributed by atoms with Crippen LogP contribution in [0.25, 0.3) is 0 Å². The van der Waals surface area contributed by atoms with Gasteiger partial charge in [-0.1, -0.05) is 0 Å². The van der Waals surface area contributed by atoms with Gasteiger partial charge >= 0.3 is 5.97 Å². The second-order valence-electron chi connectivity index (χ2n) is 4.74. The van der Waals surface area contributed by atoms with Gasteiger partial charge in [0.25, 0.3) is 0 Å². The van der Waals surface area contributed by atoms with Gasteiger partial charge in [0.15, 0.2) is 23.3 Å². The minimum absolute atomic E-state index is 0.0363. The largest absolute Gasteiger partial charge is 0.462 e. The number of halogens is 4. The molecule has 0 aliphatic heterocycles. The number of carbonyl (C=O) groups excluding carboxylic acids is 1. The van der Waals surface area contributed by atoms with E-state index in [9.17, 15) is 26.6 Å². The Balaban J connectivity index is 2.40. The van der Waals surface area contributed by atoms with E-state index in [1.54, 1.807) is 0 Å². The molecule has 0 aromatic heterocycles. The third kappa shape index (κ3) is 3.90. The Bertz CT molecular complexity index is 689. The average Bonchev–Trinajstić information content (AvgIpc) is 3.33. The van der Waals surface area contributed by atoms with Crippen molar-refractivity contribution in [2.45, 2.75) is 30.7 Å². The quantitative estimate of drug-likeness (QED) is 0.281. The molecule has 1 unspecified atom stereocenters. The number of hydrogen-bond donors (Lipinski definition) is 1. The van der Waals surface area contributed by atoms with Crippen LogP contribution in [0, 0.1) is 23.3 Å². The van der Waals surface area contributed by atoms with E-state index in [1.165, 1.54) is 6.92 Å². The highest BCUT2D eigenvalue weighted by atomic mass is 32.2. The molecule has 23 heavy (non-hydrogen) atoms. The summed E-state index contributed by atoms with van der Waals surface area (Å²) in [4.78, 5) is 10.3. The Hall–Kier alpha value is -1.90. The Labute approximate surface area is 132 Å². The lowest BCUT2D eigenvalue weighted by atomic mass is 10.3. The molecule has 9 heteroatoms. The molecule has 126 valence electrons. The van der Waals surface area contributed by atoms with Crippen LogP contribution in [0.3, 0.4) is 0 Å². The first-order chi connectivity index (χ1) is 10.9. The molecule has 1 saturated carbocycles. The van der Waals surface area contributed by atoms with E-state index in [0.717, 1.165) is 19.0 Å². The van der Waals surface area contributed by atoms with Crippen LogP contribution >= 0.6 is 0 Å². The smallest absolute Gasteiger partial charge is 0.349 e. The van der Waals surface area contributed by atoms with Crippen molar-refractivity contribution in [2.24, 2.45) is 0 Å². The lowest BCUT2D eigenvalue weighted by molar-refractivity contribution is -0.137. The van der Waals surface area contributed by atoms with E-state index in [0.29, 0.717) is 0 Å². The standard InChI is InChI=1S/C14H13F4NO3S/c1-2-22-14(20)10(6-19-7-3-4-7)23(21)9-5-8(15)11(16)13(18)12(9)17/h5-7,19H,2-4H2,1H3/b10-6+. The number of ether oxygens (including phenoxy) is 1. The summed E-state index contributed by atoms with van der Waals surface area (Å²) in [5.41, 5.74) is 0. The van der Waals surface area contributed by atoms with Gasteiger partial charge in [0.1, 0.15) is 4.91 Å². The molecule has 1 N–H and O–H groups in total. The molecule has 4 nitrogen and oxygen atoms in total. The molecule has 0 saturated heterocycles. The molecule has 1 aliphatic carbocycles. The van der Waals surface area contributed by atoms with E-state index in [1.807, 2.05) is 0 Å². The van der Waals surface area contributed by atoms with Gasteiger partial charge in [0.2, 0.25) is 0 Å². The zero-order valence-corrected chi connectivity index (χ0v) is 12.8. The van der Waals surface area contributed by atoms with Gasteiger partial charge in [-0.2, -0.15) is 0 Å². The van der Waals surface area contributed by atoms with Crippen LogP contribution in [0.4, 0.5) is 17.6 Å². The number of rotatable bonds is 6. The fraction of sp³-hybridized carbons (Fsp3) is 0.357. The minimum Gasteiger partial charge on any atom is -0.462 e. The topological polar surface area (TPSA) is 55.4 Å². The summed E-state index contributed by atoms with van der Waals surface area (Å²) in [5.74, 6) is -8.65. The molecule has 1 aromatic carbocycles. The second kappa shape index (κ2) is 7.12. The summed E-state index contributed by atoms with van der Waals surface area (Å²) in [7, 11) is -2.58. The van der Waals surface area contributed by atoms with E-state index in [4.69, 9.17) is 4.74 Å². The fourth-order valence-corrected chi connectivity index (χ4v) is 2.72. The number of carbonyl (C=O) groups is 1. The molecule has 0 bridgehead atoms. The van der Waals surface area contributed by atoms with Crippen molar-refractivity contribution in [1.82, 2.24) is 5.32 Å². The Morgan fingerprint density at radius 1 is 1.30 bits per heavy atom. The molecule has 0 heterocycles. The molecule has 0 radical (unpaired) electrons. The van der Waals surface area contributed by atoms with Gasteiger partial charge < -0.3 is 10.1 Å². The summed E-state index contributed by atoms with van der Waals surface area (Å²) >= 11 is 0. The first-order valence-electron chi connectivity index (χ1n) is 6.74. The van der Waals surface area contributed by atoms with Crippen LogP contribution in [0.15, 0.2) is 22.1 Å².